The van der Waals surface area contributed by atoms with Crippen molar-refractivity contribution in [1.29, 1.82) is 0 Å². The lowest BCUT2D eigenvalue weighted by Gasteiger charge is -2.16. The van der Waals surface area contributed by atoms with Gasteiger partial charge in [0.2, 0.25) is 0 Å². The maximum Gasteiger partial charge on any atom is 0.330 e. The van der Waals surface area contributed by atoms with Gasteiger partial charge in [0.1, 0.15) is 0 Å². The van der Waals surface area contributed by atoms with E-state index in [0.717, 1.165) is 50.1 Å². The molecule has 5 nitrogen and oxygen atoms in total. The lowest BCUT2D eigenvalue weighted by molar-refractivity contribution is 0.319. The molecule has 2 aromatic heterocycles. The van der Waals surface area contributed by atoms with Crippen LogP contribution in [0, 0.1) is 0 Å². The van der Waals surface area contributed by atoms with Gasteiger partial charge >= 0.3 is 5.69 Å². The second-order valence-electron chi connectivity index (χ2n) is 6.89. The first-order valence-corrected chi connectivity index (χ1v) is 9.02. The molecule has 0 saturated carbocycles. The van der Waals surface area contributed by atoms with Crippen LogP contribution in [0.1, 0.15) is 24.4 Å². The quantitative estimate of drug-likeness (QED) is 0.719. The number of imidazole rings is 1. The summed E-state index contributed by atoms with van der Waals surface area (Å²) in [5.41, 5.74) is 3.17. The Bertz CT molecular complexity index is 912. The Morgan fingerprint density at radius 3 is 2.84 bits per heavy atom. The summed E-state index contributed by atoms with van der Waals surface area (Å²) in [6.07, 6.45) is 5.04. The lowest BCUT2D eigenvalue weighted by Crippen LogP contribution is -2.29. The summed E-state index contributed by atoms with van der Waals surface area (Å²) in [7, 11) is 1.83. The van der Waals surface area contributed by atoms with Gasteiger partial charge in [-0.2, -0.15) is 0 Å². The standard InChI is InChI=1S/C20H24N4O/c1-22-18-10-5-12-21-19(18)24(20(22)25)17-11-14-23(15-17)13-6-9-16-7-3-2-4-8-16/h2-5,7-8,10,12,17H,6,9,11,13-15H2,1H3/t17-/m1/s1. The SMILES string of the molecule is Cn1c(=O)n([C@@H]2CCN(CCCc3ccccc3)C2)c2ncccc21. The number of hydrogen-bond donors (Lipinski definition) is 0. The zero-order valence-electron chi connectivity index (χ0n) is 14.6. The highest BCUT2D eigenvalue weighted by Crippen LogP contribution is 2.24. The van der Waals surface area contributed by atoms with E-state index in [1.807, 2.05) is 23.7 Å². The van der Waals surface area contributed by atoms with E-state index < -0.39 is 0 Å². The van der Waals surface area contributed by atoms with E-state index in [4.69, 9.17) is 0 Å². The van der Waals surface area contributed by atoms with Crippen LogP contribution in [0.5, 0.6) is 0 Å². The molecular formula is C20H24N4O. The summed E-state index contributed by atoms with van der Waals surface area (Å²) in [4.78, 5) is 19.6. The Morgan fingerprint density at radius 2 is 2.00 bits per heavy atom. The molecule has 1 aliphatic heterocycles. The number of rotatable bonds is 5. The monoisotopic (exact) mass is 336 g/mol. The molecule has 3 aromatic rings. The molecule has 0 aliphatic carbocycles. The van der Waals surface area contributed by atoms with Gasteiger partial charge in [0, 0.05) is 26.3 Å². The second kappa shape index (κ2) is 6.84. The molecule has 0 radical (unpaired) electrons. The summed E-state index contributed by atoms with van der Waals surface area (Å²) in [6, 6.07) is 14.7. The molecule has 25 heavy (non-hydrogen) atoms. The number of benzene rings is 1. The largest absolute Gasteiger partial charge is 0.330 e. The number of likely N-dealkylation sites (tertiary alicyclic amines) is 1. The van der Waals surface area contributed by atoms with Gasteiger partial charge in [0.05, 0.1) is 11.6 Å². The fourth-order valence-electron chi connectivity index (χ4n) is 3.90. The highest BCUT2D eigenvalue weighted by molar-refractivity contribution is 5.71. The van der Waals surface area contributed by atoms with E-state index in [-0.39, 0.29) is 11.7 Å². The first-order valence-electron chi connectivity index (χ1n) is 9.02. The van der Waals surface area contributed by atoms with Gasteiger partial charge in [-0.3, -0.25) is 9.13 Å². The molecule has 0 spiro atoms. The molecule has 1 fully saturated rings. The van der Waals surface area contributed by atoms with Crippen molar-refractivity contribution in [2.75, 3.05) is 19.6 Å². The molecular weight excluding hydrogens is 312 g/mol. The van der Waals surface area contributed by atoms with E-state index >= 15 is 0 Å². The summed E-state index contributed by atoms with van der Waals surface area (Å²) in [5, 5.41) is 0. The fourth-order valence-corrected chi connectivity index (χ4v) is 3.90. The van der Waals surface area contributed by atoms with E-state index in [1.165, 1.54) is 5.56 Å². The molecule has 1 atom stereocenters. The molecule has 5 heteroatoms. The Balaban J connectivity index is 1.43. The number of aryl methyl sites for hydroxylation is 2. The van der Waals surface area contributed by atoms with E-state index in [9.17, 15) is 4.79 Å². The fraction of sp³-hybridized carbons (Fsp3) is 0.400. The summed E-state index contributed by atoms with van der Waals surface area (Å²) in [6.45, 7) is 3.07. The molecule has 0 bridgehead atoms. The highest BCUT2D eigenvalue weighted by atomic mass is 16.1. The molecule has 130 valence electrons. The molecule has 1 saturated heterocycles. The smallest absolute Gasteiger partial charge is 0.301 e. The Kier molecular flexibility index (Phi) is 4.40. The Labute approximate surface area is 147 Å². The van der Waals surface area contributed by atoms with E-state index in [0.29, 0.717) is 0 Å². The van der Waals surface area contributed by atoms with Gasteiger partial charge in [-0.25, -0.2) is 9.78 Å². The normalized spacial score (nSPS) is 18.2. The van der Waals surface area contributed by atoms with Crippen LogP contribution in [0.3, 0.4) is 0 Å². The number of nitrogens with zero attached hydrogens (tertiary/aromatic N) is 4. The number of aromatic nitrogens is 3. The van der Waals surface area contributed by atoms with Gasteiger partial charge in [-0.05, 0) is 43.5 Å². The first-order chi connectivity index (χ1) is 12.2. The zero-order chi connectivity index (χ0) is 17.2. The minimum Gasteiger partial charge on any atom is -0.301 e. The van der Waals surface area contributed by atoms with Crippen molar-refractivity contribution in [1.82, 2.24) is 19.0 Å². The minimum absolute atomic E-state index is 0.0461. The Hall–Kier alpha value is -2.40. The molecule has 4 rings (SSSR count). The van der Waals surface area contributed by atoms with Gasteiger partial charge in [0.25, 0.3) is 0 Å². The van der Waals surface area contributed by atoms with Crippen LogP contribution in [0.15, 0.2) is 53.5 Å². The van der Waals surface area contributed by atoms with Crippen LogP contribution in [-0.4, -0.2) is 38.7 Å². The molecule has 1 aromatic carbocycles. The predicted octanol–water partition coefficient (Wildman–Crippen LogP) is 2.61. The second-order valence-corrected chi connectivity index (χ2v) is 6.89. The topological polar surface area (TPSA) is 43.1 Å². The van der Waals surface area contributed by atoms with Gasteiger partial charge in [-0.1, -0.05) is 30.3 Å². The zero-order valence-corrected chi connectivity index (χ0v) is 14.6. The average molecular weight is 336 g/mol. The molecule has 0 N–H and O–H groups in total. The van der Waals surface area contributed by atoms with Crippen LogP contribution in [0.2, 0.25) is 0 Å². The van der Waals surface area contributed by atoms with Crippen molar-refractivity contribution in [3.05, 3.63) is 64.7 Å². The predicted molar refractivity (Wildman–Crippen MR) is 99.8 cm³/mol. The van der Waals surface area contributed by atoms with E-state index in [2.05, 4.69) is 40.2 Å². The average Bonchev–Trinajstić information content (AvgIpc) is 3.20. The minimum atomic E-state index is 0.0461. The highest BCUT2D eigenvalue weighted by Gasteiger charge is 2.27. The van der Waals surface area contributed by atoms with E-state index in [1.54, 1.807) is 10.8 Å². The van der Waals surface area contributed by atoms with Crippen molar-refractivity contribution in [2.45, 2.75) is 25.3 Å². The van der Waals surface area contributed by atoms with Gasteiger partial charge < -0.3 is 4.90 Å². The molecule has 1 aliphatic rings. The Morgan fingerprint density at radius 1 is 1.16 bits per heavy atom. The van der Waals surface area contributed by atoms with Crippen molar-refractivity contribution in [3.8, 4) is 0 Å². The first kappa shape index (κ1) is 16.1. The van der Waals surface area contributed by atoms with Crippen molar-refractivity contribution < 1.29 is 0 Å². The third-order valence-corrected chi connectivity index (χ3v) is 5.24. The third kappa shape index (κ3) is 3.12. The third-order valence-electron chi connectivity index (χ3n) is 5.24. The van der Waals surface area contributed by atoms with Crippen LogP contribution in [-0.2, 0) is 13.5 Å². The summed E-state index contributed by atoms with van der Waals surface area (Å²) >= 11 is 0. The summed E-state index contributed by atoms with van der Waals surface area (Å²) in [5.74, 6) is 0. The van der Waals surface area contributed by atoms with Crippen molar-refractivity contribution in [3.63, 3.8) is 0 Å². The van der Waals surface area contributed by atoms with Gasteiger partial charge in [-0.15, -0.1) is 0 Å². The number of hydrogen-bond acceptors (Lipinski definition) is 3. The summed E-state index contributed by atoms with van der Waals surface area (Å²) < 4.78 is 3.60. The van der Waals surface area contributed by atoms with Crippen LogP contribution < -0.4 is 5.69 Å². The molecule has 0 unspecified atom stereocenters. The van der Waals surface area contributed by atoms with Crippen molar-refractivity contribution in [2.24, 2.45) is 7.05 Å². The number of pyridine rings is 1. The maximum absolute atomic E-state index is 12.6. The van der Waals surface area contributed by atoms with Crippen LogP contribution >= 0.6 is 0 Å². The lowest BCUT2D eigenvalue weighted by atomic mass is 10.1. The van der Waals surface area contributed by atoms with Crippen LogP contribution in [0.4, 0.5) is 0 Å². The van der Waals surface area contributed by atoms with Crippen molar-refractivity contribution >= 4 is 11.2 Å². The van der Waals surface area contributed by atoms with Crippen LogP contribution in [0.25, 0.3) is 11.2 Å². The molecule has 0 amide bonds. The maximum atomic E-state index is 12.6. The molecule has 3 heterocycles. The number of fused-ring (bicyclic) bond motifs is 1. The van der Waals surface area contributed by atoms with Gasteiger partial charge in [0.15, 0.2) is 5.65 Å².